The van der Waals surface area contributed by atoms with E-state index in [4.69, 9.17) is 11.6 Å². The minimum absolute atomic E-state index is 0.142. The van der Waals surface area contributed by atoms with Crippen LogP contribution < -0.4 is 16.6 Å². The second kappa shape index (κ2) is 7.36. The Labute approximate surface area is 160 Å². The van der Waals surface area contributed by atoms with Crippen molar-refractivity contribution in [1.29, 1.82) is 0 Å². The van der Waals surface area contributed by atoms with Gasteiger partial charge in [0.05, 0.1) is 5.39 Å². The molecule has 0 aliphatic heterocycles. The van der Waals surface area contributed by atoms with Crippen LogP contribution in [0.4, 0.5) is 0 Å². The molecule has 27 heavy (non-hydrogen) atoms. The first kappa shape index (κ1) is 18.8. The van der Waals surface area contributed by atoms with Crippen LogP contribution in [0.2, 0.25) is 5.02 Å². The van der Waals surface area contributed by atoms with Crippen molar-refractivity contribution in [2.24, 2.45) is 14.1 Å². The molecule has 1 N–H and O–H groups in total. The Morgan fingerprint density at radius 2 is 1.93 bits per heavy atom. The molecule has 7 nitrogen and oxygen atoms in total. The zero-order chi connectivity index (χ0) is 19.7. The molecular formula is C19H19ClN4O3. The summed E-state index contributed by atoms with van der Waals surface area (Å²) in [6.07, 6.45) is 0.610. The number of fused-ring (bicyclic) bond motifs is 1. The predicted molar refractivity (Wildman–Crippen MR) is 104 cm³/mol. The lowest BCUT2D eigenvalue weighted by Crippen LogP contribution is -2.38. The van der Waals surface area contributed by atoms with Crippen LogP contribution in [0.5, 0.6) is 0 Å². The minimum atomic E-state index is -0.494. The van der Waals surface area contributed by atoms with Crippen molar-refractivity contribution in [3.05, 3.63) is 73.5 Å². The highest BCUT2D eigenvalue weighted by Gasteiger charge is 2.15. The Hall–Kier alpha value is -2.93. The van der Waals surface area contributed by atoms with Gasteiger partial charge >= 0.3 is 5.69 Å². The topological polar surface area (TPSA) is 86.0 Å². The molecule has 8 heteroatoms. The quantitative estimate of drug-likeness (QED) is 0.738. The number of hydrogen-bond acceptors (Lipinski definition) is 4. The number of rotatable bonds is 4. The summed E-state index contributed by atoms with van der Waals surface area (Å²) in [7, 11) is 2.92. The molecule has 0 spiro atoms. The van der Waals surface area contributed by atoms with Crippen LogP contribution >= 0.6 is 11.6 Å². The SMILES string of the molecule is C[C@@H](Cc1cccc(Cl)c1)NC(=O)c1ccc2c(=O)n(C)c(=O)n(C)c2n1. The number of nitrogens with one attached hydrogen (secondary N) is 1. The normalized spacial score (nSPS) is 12.1. The summed E-state index contributed by atoms with van der Waals surface area (Å²) in [5, 5.41) is 3.80. The molecule has 0 fully saturated rings. The number of pyridine rings is 1. The van der Waals surface area contributed by atoms with Gasteiger partial charge in [-0.15, -0.1) is 0 Å². The van der Waals surface area contributed by atoms with E-state index in [1.54, 1.807) is 6.07 Å². The van der Waals surface area contributed by atoms with Crippen LogP contribution in [0.15, 0.2) is 46.0 Å². The van der Waals surface area contributed by atoms with Gasteiger partial charge in [0.15, 0.2) is 0 Å². The van der Waals surface area contributed by atoms with Gasteiger partial charge in [-0.2, -0.15) is 0 Å². The molecule has 0 unspecified atom stereocenters. The fourth-order valence-corrected chi connectivity index (χ4v) is 3.16. The molecule has 2 aromatic heterocycles. The van der Waals surface area contributed by atoms with Gasteiger partial charge in [-0.25, -0.2) is 9.78 Å². The first-order valence-electron chi connectivity index (χ1n) is 8.40. The molecule has 1 atom stereocenters. The van der Waals surface area contributed by atoms with Gasteiger partial charge in [0.2, 0.25) is 0 Å². The number of hydrogen-bond donors (Lipinski definition) is 1. The van der Waals surface area contributed by atoms with Gasteiger partial charge in [-0.3, -0.25) is 18.7 Å². The molecule has 3 rings (SSSR count). The van der Waals surface area contributed by atoms with Crippen LogP contribution in [-0.2, 0) is 20.5 Å². The predicted octanol–water partition coefficient (Wildman–Crippen LogP) is 1.65. The van der Waals surface area contributed by atoms with Gasteiger partial charge in [0.25, 0.3) is 11.5 Å². The van der Waals surface area contributed by atoms with E-state index >= 15 is 0 Å². The minimum Gasteiger partial charge on any atom is -0.348 e. The smallest absolute Gasteiger partial charge is 0.332 e. The molecule has 1 aromatic carbocycles. The monoisotopic (exact) mass is 386 g/mol. The Morgan fingerprint density at radius 1 is 1.19 bits per heavy atom. The van der Waals surface area contributed by atoms with E-state index in [9.17, 15) is 14.4 Å². The number of benzene rings is 1. The zero-order valence-corrected chi connectivity index (χ0v) is 15.9. The van der Waals surface area contributed by atoms with Gasteiger partial charge in [0, 0.05) is 25.2 Å². The van der Waals surface area contributed by atoms with Crippen LogP contribution in [0, 0.1) is 0 Å². The maximum absolute atomic E-state index is 12.5. The summed E-state index contributed by atoms with van der Waals surface area (Å²) in [4.78, 5) is 41.0. The molecule has 0 saturated carbocycles. The summed E-state index contributed by atoms with van der Waals surface area (Å²) in [6, 6.07) is 10.3. The molecule has 140 valence electrons. The lowest BCUT2D eigenvalue weighted by Gasteiger charge is -2.14. The highest BCUT2D eigenvalue weighted by atomic mass is 35.5. The van der Waals surface area contributed by atoms with Crippen LogP contribution in [0.3, 0.4) is 0 Å². The summed E-state index contributed by atoms with van der Waals surface area (Å²) in [5.41, 5.74) is 0.392. The summed E-state index contributed by atoms with van der Waals surface area (Å²) < 4.78 is 2.26. The molecule has 1 amide bonds. The summed E-state index contributed by atoms with van der Waals surface area (Å²) >= 11 is 5.98. The highest BCUT2D eigenvalue weighted by molar-refractivity contribution is 6.30. The average molecular weight is 387 g/mol. The second-order valence-corrected chi connectivity index (χ2v) is 6.92. The van der Waals surface area contributed by atoms with Crippen molar-refractivity contribution in [3.8, 4) is 0 Å². The Balaban J connectivity index is 1.85. The van der Waals surface area contributed by atoms with E-state index in [1.807, 2.05) is 25.1 Å². The summed E-state index contributed by atoms with van der Waals surface area (Å²) in [5.74, 6) is -0.375. The van der Waals surface area contributed by atoms with Crippen LogP contribution in [0.25, 0.3) is 11.0 Å². The van der Waals surface area contributed by atoms with Crippen molar-refractivity contribution in [2.45, 2.75) is 19.4 Å². The zero-order valence-electron chi connectivity index (χ0n) is 15.2. The van der Waals surface area contributed by atoms with Gasteiger partial charge in [-0.1, -0.05) is 23.7 Å². The molecule has 3 aromatic rings. The van der Waals surface area contributed by atoms with Gasteiger partial charge in [0.1, 0.15) is 11.3 Å². The third kappa shape index (κ3) is 3.78. The molecular weight excluding hydrogens is 368 g/mol. The highest BCUT2D eigenvalue weighted by Crippen LogP contribution is 2.13. The van der Waals surface area contributed by atoms with E-state index in [2.05, 4.69) is 10.3 Å². The number of nitrogens with zero attached hydrogens (tertiary/aromatic N) is 3. The number of carbonyl (C=O) groups excluding carboxylic acids is 1. The third-order valence-electron chi connectivity index (χ3n) is 4.34. The first-order valence-corrected chi connectivity index (χ1v) is 8.78. The molecule has 0 bridgehead atoms. The van der Waals surface area contributed by atoms with Crippen molar-refractivity contribution in [3.63, 3.8) is 0 Å². The van der Waals surface area contributed by atoms with E-state index in [1.165, 1.54) is 30.8 Å². The fourth-order valence-electron chi connectivity index (χ4n) is 2.95. The lowest BCUT2D eigenvalue weighted by molar-refractivity contribution is 0.0935. The standard InChI is InChI=1S/C19H19ClN4O3/c1-11(9-12-5-4-6-13(20)10-12)21-17(25)15-8-7-14-16(22-15)23(2)19(27)24(3)18(14)26/h4-8,10-11H,9H2,1-3H3,(H,21,25)/t11-/m0/s1. The first-order chi connectivity index (χ1) is 12.8. The molecule has 0 aliphatic rings. The van der Waals surface area contributed by atoms with E-state index in [0.29, 0.717) is 11.4 Å². The average Bonchev–Trinajstić information content (AvgIpc) is 2.64. The van der Waals surface area contributed by atoms with Crippen molar-refractivity contribution >= 4 is 28.5 Å². The maximum Gasteiger partial charge on any atom is 0.332 e. The Kier molecular flexibility index (Phi) is 5.14. The Bertz CT molecular complexity index is 1150. The second-order valence-electron chi connectivity index (χ2n) is 6.48. The van der Waals surface area contributed by atoms with E-state index < -0.39 is 11.2 Å². The molecule has 0 radical (unpaired) electrons. The van der Waals surface area contributed by atoms with Crippen molar-refractivity contribution in [2.75, 3.05) is 0 Å². The van der Waals surface area contributed by atoms with E-state index in [-0.39, 0.29) is 28.7 Å². The van der Waals surface area contributed by atoms with Gasteiger partial charge in [-0.05, 0) is 43.2 Å². The number of halogens is 1. The molecule has 2 heterocycles. The van der Waals surface area contributed by atoms with Crippen molar-refractivity contribution in [1.82, 2.24) is 19.4 Å². The number of aromatic nitrogens is 3. The van der Waals surface area contributed by atoms with E-state index in [0.717, 1.165) is 10.1 Å². The van der Waals surface area contributed by atoms with Crippen molar-refractivity contribution < 1.29 is 4.79 Å². The number of aryl methyl sites for hydroxylation is 1. The Morgan fingerprint density at radius 3 is 2.63 bits per heavy atom. The van der Waals surface area contributed by atoms with Gasteiger partial charge < -0.3 is 5.32 Å². The summed E-state index contributed by atoms with van der Waals surface area (Å²) in [6.45, 7) is 1.88. The lowest BCUT2D eigenvalue weighted by atomic mass is 10.1. The number of amides is 1. The largest absolute Gasteiger partial charge is 0.348 e. The number of carbonyl (C=O) groups is 1. The van der Waals surface area contributed by atoms with Crippen LogP contribution in [-0.4, -0.2) is 26.1 Å². The molecule has 0 saturated heterocycles. The van der Waals surface area contributed by atoms with Crippen LogP contribution in [0.1, 0.15) is 23.0 Å². The fraction of sp³-hybridized carbons (Fsp3) is 0.263. The molecule has 0 aliphatic carbocycles. The third-order valence-corrected chi connectivity index (χ3v) is 4.58. The maximum atomic E-state index is 12.5.